The Labute approximate surface area is 178 Å². The van der Waals surface area contributed by atoms with Crippen LogP contribution in [0.1, 0.15) is 46.5 Å². The van der Waals surface area contributed by atoms with Crippen LogP contribution in [0.2, 0.25) is 18.1 Å². The second-order valence-corrected chi connectivity index (χ2v) is 14.8. The maximum atomic E-state index is 15.6. The summed E-state index contributed by atoms with van der Waals surface area (Å²) in [5.74, 6) is 0.824. The molecule has 158 valence electrons. The lowest BCUT2D eigenvalue weighted by atomic mass is 10.0. The first-order valence-corrected chi connectivity index (χ1v) is 13.4. The number of imidazole rings is 1. The van der Waals surface area contributed by atoms with Gasteiger partial charge in [0.05, 0.1) is 35.8 Å². The molecule has 2 aromatic heterocycles. The van der Waals surface area contributed by atoms with Crippen LogP contribution in [0.3, 0.4) is 0 Å². The molecule has 29 heavy (non-hydrogen) atoms. The number of hydrogen-bond donors (Lipinski definition) is 0. The zero-order valence-electron chi connectivity index (χ0n) is 18.4. The number of nitrogens with zero attached hydrogens (tertiary/aromatic N) is 3. The molecule has 0 spiro atoms. The van der Waals surface area contributed by atoms with Gasteiger partial charge in [-0.3, -0.25) is 4.98 Å². The summed E-state index contributed by atoms with van der Waals surface area (Å²) >= 11 is 6.25. The Morgan fingerprint density at radius 2 is 1.79 bits per heavy atom. The molecule has 0 aliphatic heterocycles. The van der Waals surface area contributed by atoms with E-state index in [1.807, 2.05) is 28.8 Å². The summed E-state index contributed by atoms with van der Waals surface area (Å²) in [5, 5.41) is 0.983. The van der Waals surface area contributed by atoms with Crippen molar-refractivity contribution < 1.29 is 8.82 Å². The molecule has 0 fully saturated rings. The topological polar surface area (TPSA) is 39.9 Å². The molecule has 4 nitrogen and oxygen atoms in total. The second kappa shape index (κ2) is 7.64. The van der Waals surface area contributed by atoms with E-state index >= 15 is 4.39 Å². The third-order valence-corrected chi connectivity index (χ3v) is 10.9. The lowest BCUT2D eigenvalue weighted by Gasteiger charge is -2.39. The smallest absolute Gasteiger partial charge is 0.192 e. The Hall–Kier alpha value is -1.50. The van der Waals surface area contributed by atoms with Crippen molar-refractivity contribution in [3.8, 4) is 0 Å². The van der Waals surface area contributed by atoms with Crippen molar-refractivity contribution in [1.82, 2.24) is 14.5 Å². The standard InChI is InChI=1S/C22H31ClFN3OSi/c1-21(2,3)29(6,7)28-14-18(22(4,5)24)27-19(12-23)26-17-13-25-16-11-9-8-10-15(16)20(17)27/h8-11,13,18H,12,14H2,1-7H3. The number of para-hydroxylation sites is 1. The van der Waals surface area contributed by atoms with Crippen LogP contribution < -0.4 is 0 Å². The molecule has 1 atom stereocenters. The molecular formula is C22H31ClFN3OSi. The van der Waals surface area contributed by atoms with Gasteiger partial charge in [0.1, 0.15) is 17.0 Å². The van der Waals surface area contributed by atoms with E-state index in [4.69, 9.17) is 16.0 Å². The molecule has 0 N–H and O–H groups in total. The van der Waals surface area contributed by atoms with E-state index in [1.165, 1.54) is 0 Å². The van der Waals surface area contributed by atoms with Crippen molar-refractivity contribution in [3.63, 3.8) is 0 Å². The number of benzene rings is 1. The van der Waals surface area contributed by atoms with Crippen LogP contribution in [-0.4, -0.2) is 35.1 Å². The van der Waals surface area contributed by atoms with Crippen molar-refractivity contribution >= 4 is 41.9 Å². The highest BCUT2D eigenvalue weighted by Crippen LogP contribution is 2.40. The Bertz CT molecular complexity index is 1020. The Morgan fingerprint density at radius 1 is 1.14 bits per heavy atom. The van der Waals surface area contributed by atoms with Crippen LogP contribution in [0.25, 0.3) is 21.9 Å². The van der Waals surface area contributed by atoms with Crippen LogP contribution in [0.5, 0.6) is 0 Å². The molecule has 0 bridgehead atoms. The van der Waals surface area contributed by atoms with Gasteiger partial charge >= 0.3 is 0 Å². The third kappa shape index (κ3) is 4.20. The van der Waals surface area contributed by atoms with Gasteiger partial charge in [-0.1, -0.05) is 39.0 Å². The van der Waals surface area contributed by atoms with E-state index in [1.54, 1.807) is 20.0 Å². The third-order valence-electron chi connectivity index (χ3n) is 6.13. The van der Waals surface area contributed by atoms with Crippen LogP contribution in [0.15, 0.2) is 30.5 Å². The van der Waals surface area contributed by atoms with Gasteiger partial charge in [0.2, 0.25) is 0 Å². The summed E-state index contributed by atoms with van der Waals surface area (Å²) in [4.78, 5) is 9.17. The lowest BCUT2D eigenvalue weighted by Crippen LogP contribution is -2.44. The summed E-state index contributed by atoms with van der Waals surface area (Å²) in [6.07, 6.45) is 1.74. The minimum Gasteiger partial charge on any atom is -0.415 e. The van der Waals surface area contributed by atoms with Gasteiger partial charge in [0.15, 0.2) is 8.32 Å². The Morgan fingerprint density at radius 3 is 2.38 bits per heavy atom. The molecule has 0 saturated carbocycles. The molecule has 1 unspecified atom stereocenters. The average Bonchev–Trinajstić information content (AvgIpc) is 2.98. The van der Waals surface area contributed by atoms with Gasteiger partial charge in [-0.15, -0.1) is 11.6 Å². The molecule has 1 aromatic carbocycles. The van der Waals surface area contributed by atoms with Crippen LogP contribution in [0.4, 0.5) is 4.39 Å². The predicted molar refractivity (Wildman–Crippen MR) is 122 cm³/mol. The van der Waals surface area contributed by atoms with E-state index < -0.39 is 20.0 Å². The SMILES string of the molecule is CC(C)(F)C(CO[Si](C)(C)C(C)(C)C)n1c(CCl)nc2cnc3ccccc3c21. The fourth-order valence-corrected chi connectivity index (χ4v) is 4.48. The first-order valence-electron chi connectivity index (χ1n) is 10.00. The second-order valence-electron chi connectivity index (χ2n) is 9.69. The number of aromatic nitrogens is 3. The number of fused-ring (bicyclic) bond motifs is 3. The maximum absolute atomic E-state index is 15.6. The van der Waals surface area contributed by atoms with Crippen LogP contribution in [-0.2, 0) is 10.3 Å². The number of hydrogen-bond acceptors (Lipinski definition) is 3. The van der Waals surface area contributed by atoms with Crippen LogP contribution >= 0.6 is 11.6 Å². The highest BCUT2D eigenvalue weighted by atomic mass is 35.5. The molecule has 0 saturated heterocycles. The highest BCUT2D eigenvalue weighted by Gasteiger charge is 2.41. The molecule has 3 aromatic rings. The van der Waals surface area contributed by atoms with Gasteiger partial charge < -0.3 is 8.99 Å². The summed E-state index contributed by atoms with van der Waals surface area (Å²) in [6, 6.07) is 7.30. The van der Waals surface area contributed by atoms with Crippen molar-refractivity contribution in [2.75, 3.05) is 6.61 Å². The zero-order valence-corrected chi connectivity index (χ0v) is 20.1. The van der Waals surface area contributed by atoms with Gasteiger partial charge in [-0.25, -0.2) is 9.37 Å². The largest absolute Gasteiger partial charge is 0.415 e. The number of halogens is 2. The molecule has 0 aliphatic rings. The minimum absolute atomic E-state index is 0.0426. The van der Waals surface area contributed by atoms with Crippen molar-refractivity contribution in [2.24, 2.45) is 0 Å². The molecule has 0 amide bonds. The van der Waals surface area contributed by atoms with E-state index in [9.17, 15) is 0 Å². The average molecular weight is 436 g/mol. The van der Waals surface area contributed by atoms with Gasteiger partial charge in [-0.2, -0.15) is 0 Å². The van der Waals surface area contributed by atoms with E-state index in [2.05, 4.69) is 43.8 Å². The minimum atomic E-state index is -2.05. The van der Waals surface area contributed by atoms with Crippen molar-refractivity contribution in [2.45, 2.75) is 70.3 Å². The molecule has 0 aliphatic carbocycles. The lowest BCUT2D eigenvalue weighted by molar-refractivity contribution is 0.0835. The number of pyridine rings is 1. The molecule has 7 heteroatoms. The summed E-state index contributed by atoms with van der Waals surface area (Å²) in [6.45, 7) is 14.4. The Balaban J connectivity index is 2.19. The summed E-state index contributed by atoms with van der Waals surface area (Å²) in [5.41, 5.74) is 0.908. The van der Waals surface area contributed by atoms with Crippen molar-refractivity contribution in [1.29, 1.82) is 0 Å². The molecular weight excluding hydrogens is 405 g/mol. The quantitative estimate of drug-likeness (QED) is 0.322. The monoisotopic (exact) mass is 435 g/mol. The predicted octanol–water partition coefficient (Wildman–Crippen LogP) is 6.63. The van der Waals surface area contributed by atoms with Gasteiger partial charge in [0, 0.05) is 5.39 Å². The van der Waals surface area contributed by atoms with Crippen LogP contribution in [0, 0.1) is 0 Å². The number of rotatable bonds is 6. The fourth-order valence-electron chi connectivity index (χ4n) is 3.29. The fraction of sp³-hybridized carbons (Fsp3) is 0.545. The van der Waals surface area contributed by atoms with E-state index in [0.29, 0.717) is 5.82 Å². The summed E-state index contributed by atoms with van der Waals surface area (Å²) < 4.78 is 24.0. The van der Waals surface area contributed by atoms with E-state index in [0.717, 1.165) is 21.9 Å². The van der Waals surface area contributed by atoms with Gasteiger partial charge in [0.25, 0.3) is 0 Å². The first kappa shape index (κ1) is 22.2. The molecule has 2 heterocycles. The molecule has 0 radical (unpaired) electrons. The first-order chi connectivity index (χ1) is 13.4. The van der Waals surface area contributed by atoms with E-state index in [-0.39, 0.29) is 17.5 Å². The highest BCUT2D eigenvalue weighted by molar-refractivity contribution is 6.74. The number of alkyl halides is 2. The zero-order chi connectivity index (χ0) is 21.6. The maximum Gasteiger partial charge on any atom is 0.192 e. The van der Waals surface area contributed by atoms with Gasteiger partial charge in [-0.05, 0) is 38.0 Å². The normalized spacial score (nSPS) is 14.7. The van der Waals surface area contributed by atoms with Crippen molar-refractivity contribution in [3.05, 3.63) is 36.3 Å². The molecule has 3 rings (SSSR count). The Kier molecular flexibility index (Phi) is 5.84. The summed E-state index contributed by atoms with van der Waals surface area (Å²) in [7, 11) is -2.05.